The molecule has 0 aromatic rings. The van der Waals surface area contributed by atoms with Gasteiger partial charge in [-0.3, -0.25) is 0 Å². The van der Waals surface area contributed by atoms with Gasteiger partial charge in [-0.15, -0.1) is 0 Å². The molecule has 3 unspecified atom stereocenters. The number of nitrogens with one attached hydrogen (secondary N) is 1. The second-order valence-electron chi connectivity index (χ2n) is 6.16. The SMILES string of the molecule is CCCC(C)(CNC)CN1CCC(O)C(C)C1. The van der Waals surface area contributed by atoms with Gasteiger partial charge < -0.3 is 15.3 Å². The molecule has 102 valence electrons. The number of aliphatic hydroxyl groups excluding tert-OH is 1. The Hall–Kier alpha value is -0.120. The quantitative estimate of drug-likeness (QED) is 0.744. The second-order valence-corrected chi connectivity index (χ2v) is 6.16. The molecule has 0 aromatic heterocycles. The van der Waals surface area contributed by atoms with Crippen molar-refractivity contribution in [2.45, 2.75) is 46.1 Å². The highest BCUT2D eigenvalue weighted by Gasteiger charge is 2.30. The molecule has 0 amide bonds. The van der Waals surface area contributed by atoms with Crippen LogP contribution in [-0.4, -0.2) is 49.3 Å². The number of rotatable bonds is 6. The van der Waals surface area contributed by atoms with Crippen LogP contribution < -0.4 is 5.32 Å². The summed E-state index contributed by atoms with van der Waals surface area (Å²) >= 11 is 0. The summed E-state index contributed by atoms with van der Waals surface area (Å²) in [5, 5.41) is 13.1. The van der Waals surface area contributed by atoms with Crippen LogP contribution in [0, 0.1) is 11.3 Å². The fourth-order valence-corrected chi connectivity index (χ4v) is 3.16. The van der Waals surface area contributed by atoms with E-state index in [2.05, 4.69) is 31.0 Å². The molecule has 0 radical (unpaired) electrons. The molecule has 1 heterocycles. The number of hydrogen-bond acceptors (Lipinski definition) is 3. The van der Waals surface area contributed by atoms with Crippen LogP contribution in [0.15, 0.2) is 0 Å². The lowest BCUT2D eigenvalue weighted by molar-refractivity contribution is 0.0175. The lowest BCUT2D eigenvalue weighted by atomic mass is 9.83. The normalized spacial score (nSPS) is 30.2. The molecule has 1 aliphatic rings. The number of hydrogen-bond donors (Lipinski definition) is 2. The van der Waals surface area contributed by atoms with Crippen molar-refractivity contribution in [1.29, 1.82) is 0 Å². The first kappa shape index (κ1) is 14.9. The molecule has 3 atom stereocenters. The Balaban J connectivity index is 2.49. The predicted octanol–water partition coefficient (Wildman–Crippen LogP) is 1.71. The zero-order chi connectivity index (χ0) is 12.9. The van der Waals surface area contributed by atoms with Gasteiger partial charge in [-0.05, 0) is 31.2 Å². The van der Waals surface area contributed by atoms with Crippen LogP contribution in [0.5, 0.6) is 0 Å². The van der Waals surface area contributed by atoms with E-state index in [0.717, 1.165) is 32.6 Å². The summed E-state index contributed by atoms with van der Waals surface area (Å²) < 4.78 is 0. The highest BCUT2D eigenvalue weighted by molar-refractivity contribution is 4.84. The van der Waals surface area contributed by atoms with Gasteiger partial charge in [0, 0.05) is 26.2 Å². The minimum atomic E-state index is -0.0898. The number of nitrogens with zero attached hydrogens (tertiary/aromatic N) is 1. The highest BCUT2D eigenvalue weighted by atomic mass is 16.3. The third-order valence-corrected chi connectivity index (χ3v) is 4.01. The van der Waals surface area contributed by atoms with Crippen molar-refractivity contribution in [3.8, 4) is 0 Å². The number of aliphatic hydroxyl groups is 1. The minimum absolute atomic E-state index is 0.0898. The van der Waals surface area contributed by atoms with E-state index >= 15 is 0 Å². The van der Waals surface area contributed by atoms with Crippen LogP contribution in [0.4, 0.5) is 0 Å². The van der Waals surface area contributed by atoms with Crippen molar-refractivity contribution in [2.24, 2.45) is 11.3 Å². The summed E-state index contributed by atoms with van der Waals surface area (Å²) in [6, 6.07) is 0. The first-order valence-corrected chi connectivity index (χ1v) is 7.06. The van der Waals surface area contributed by atoms with Gasteiger partial charge in [0.15, 0.2) is 0 Å². The van der Waals surface area contributed by atoms with Crippen LogP contribution in [-0.2, 0) is 0 Å². The van der Waals surface area contributed by atoms with Gasteiger partial charge in [0.25, 0.3) is 0 Å². The largest absolute Gasteiger partial charge is 0.393 e. The molecule has 3 heteroatoms. The fraction of sp³-hybridized carbons (Fsp3) is 1.00. The van der Waals surface area contributed by atoms with Gasteiger partial charge in [0.1, 0.15) is 0 Å². The van der Waals surface area contributed by atoms with Gasteiger partial charge in [0.2, 0.25) is 0 Å². The molecule has 1 aliphatic heterocycles. The van der Waals surface area contributed by atoms with Gasteiger partial charge >= 0.3 is 0 Å². The highest BCUT2D eigenvalue weighted by Crippen LogP contribution is 2.26. The first-order chi connectivity index (χ1) is 8.00. The Morgan fingerprint density at radius 1 is 1.47 bits per heavy atom. The van der Waals surface area contributed by atoms with Crippen molar-refractivity contribution in [1.82, 2.24) is 10.2 Å². The van der Waals surface area contributed by atoms with E-state index in [0.29, 0.717) is 11.3 Å². The van der Waals surface area contributed by atoms with Crippen molar-refractivity contribution in [3.05, 3.63) is 0 Å². The fourth-order valence-electron chi connectivity index (χ4n) is 3.16. The Bertz CT molecular complexity index is 214. The lowest BCUT2D eigenvalue weighted by Gasteiger charge is -2.40. The summed E-state index contributed by atoms with van der Waals surface area (Å²) in [4.78, 5) is 2.53. The van der Waals surface area contributed by atoms with E-state index in [9.17, 15) is 5.11 Å². The van der Waals surface area contributed by atoms with Crippen molar-refractivity contribution < 1.29 is 5.11 Å². The van der Waals surface area contributed by atoms with E-state index in [1.807, 2.05) is 7.05 Å². The van der Waals surface area contributed by atoms with E-state index in [1.165, 1.54) is 12.8 Å². The monoisotopic (exact) mass is 242 g/mol. The Kier molecular flexibility index (Phi) is 5.90. The molecular weight excluding hydrogens is 212 g/mol. The van der Waals surface area contributed by atoms with Gasteiger partial charge in [0.05, 0.1) is 6.10 Å². The molecule has 17 heavy (non-hydrogen) atoms. The topological polar surface area (TPSA) is 35.5 Å². The molecule has 0 saturated carbocycles. The third-order valence-electron chi connectivity index (χ3n) is 4.01. The molecule has 0 spiro atoms. The Morgan fingerprint density at radius 2 is 2.18 bits per heavy atom. The summed E-state index contributed by atoms with van der Waals surface area (Å²) in [6.07, 6.45) is 3.35. The summed E-state index contributed by atoms with van der Waals surface area (Å²) in [5.74, 6) is 0.421. The van der Waals surface area contributed by atoms with Crippen LogP contribution in [0.1, 0.15) is 40.0 Å². The number of piperidine rings is 1. The van der Waals surface area contributed by atoms with E-state index < -0.39 is 0 Å². The predicted molar refractivity (Wildman–Crippen MR) is 73.2 cm³/mol. The van der Waals surface area contributed by atoms with Crippen LogP contribution in [0.2, 0.25) is 0 Å². The van der Waals surface area contributed by atoms with Crippen molar-refractivity contribution >= 4 is 0 Å². The molecule has 3 nitrogen and oxygen atoms in total. The first-order valence-electron chi connectivity index (χ1n) is 7.06. The molecule has 0 aliphatic carbocycles. The van der Waals surface area contributed by atoms with Gasteiger partial charge in [-0.1, -0.05) is 27.2 Å². The van der Waals surface area contributed by atoms with Crippen molar-refractivity contribution in [2.75, 3.05) is 33.2 Å². The third kappa shape index (κ3) is 4.57. The van der Waals surface area contributed by atoms with Gasteiger partial charge in [-0.2, -0.15) is 0 Å². The van der Waals surface area contributed by atoms with Crippen LogP contribution >= 0.6 is 0 Å². The zero-order valence-corrected chi connectivity index (χ0v) is 12.0. The summed E-state index contributed by atoms with van der Waals surface area (Å²) in [7, 11) is 2.04. The molecule has 2 N–H and O–H groups in total. The molecule has 0 aromatic carbocycles. The zero-order valence-electron chi connectivity index (χ0n) is 12.0. The number of likely N-dealkylation sites (tertiary alicyclic amines) is 1. The Morgan fingerprint density at radius 3 is 2.71 bits per heavy atom. The average molecular weight is 242 g/mol. The molecule has 0 bridgehead atoms. The maximum absolute atomic E-state index is 9.76. The maximum Gasteiger partial charge on any atom is 0.0590 e. The molecule has 1 fully saturated rings. The Labute approximate surface area is 107 Å². The second kappa shape index (κ2) is 6.72. The van der Waals surface area contributed by atoms with E-state index in [4.69, 9.17) is 0 Å². The van der Waals surface area contributed by atoms with Crippen molar-refractivity contribution in [3.63, 3.8) is 0 Å². The van der Waals surface area contributed by atoms with E-state index in [1.54, 1.807) is 0 Å². The standard InChI is InChI=1S/C14H30N2O/c1-5-7-14(3,10-15-4)11-16-8-6-13(17)12(2)9-16/h12-13,15,17H,5-11H2,1-4H3. The smallest absolute Gasteiger partial charge is 0.0590 e. The lowest BCUT2D eigenvalue weighted by Crippen LogP contribution is -2.48. The van der Waals surface area contributed by atoms with Crippen LogP contribution in [0.25, 0.3) is 0 Å². The summed E-state index contributed by atoms with van der Waals surface area (Å²) in [5.41, 5.74) is 0.367. The van der Waals surface area contributed by atoms with E-state index in [-0.39, 0.29) is 6.10 Å². The van der Waals surface area contributed by atoms with Crippen LogP contribution in [0.3, 0.4) is 0 Å². The van der Waals surface area contributed by atoms with Gasteiger partial charge in [-0.25, -0.2) is 0 Å². The molecular formula is C14H30N2O. The minimum Gasteiger partial charge on any atom is -0.393 e. The maximum atomic E-state index is 9.76. The summed E-state index contributed by atoms with van der Waals surface area (Å²) in [6.45, 7) is 11.1. The molecule has 1 saturated heterocycles. The average Bonchev–Trinajstić information content (AvgIpc) is 2.24. The molecule has 1 rings (SSSR count).